The van der Waals surface area contributed by atoms with Crippen LogP contribution in [-0.2, 0) is 10.0 Å². The maximum atomic E-state index is 13.0. The van der Waals surface area contributed by atoms with Crippen LogP contribution in [0.4, 0.5) is 11.4 Å². The zero-order valence-electron chi connectivity index (χ0n) is 17.2. The molecule has 8 nitrogen and oxygen atoms in total. The van der Waals surface area contributed by atoms with Gasteiger partial charge < -0.3 is 5.32 Å². The van der Waals surface area contributed by atoms with Gasteiger partial charge in [0.2, 0.25) is 10.0 Å². The average Bonchev–Trinajstić information content (AvgIpc) is 2.69. The lowest BCUT2D eigenvalue weighted by Gasteiger charge is -2.29. The maximum Gasteiger partial charge on any atom is 0.274 e. The highest BCUT2D eigenvalue weighted by Gasteiger charge is 2.29. The molecule has 0 saturated carbocycles. The molecular formula is C21H25N3O5S. The molecule has 0 bridgehead atoms. The van der Waals surface area contributed by atoms with Gasteiger partial charge in [-0.3, -0.25) is 14.9 Å². The molecule has 1 aliphatic rings. The van der Waals surface area contributed by atoms with Gasteiger partial charge in [0, 0.05) is 24.7 Å². The Labute approximate surface area is 176 Å². The molecule has 1 saturated heterocycles. The van der Waals surface area contributed by atoms with Gasteiger partial charge >= 0.3 is 0 Å². The minimum Gasteiger partial charge on any atom is -0.321 e. The van der Waals surface area contributed by atoms with Gasteiger partial charge in [-0.05, 0) is 56.4 Å². The van der Waals surface area contributed by atoms with E-state index in [9.17, 15) is 23.3 Å². The van der Waals surface area contributed by atoms with E-state index in [-0.39, 0.29) is 16.1 Å². The molecule has 0 aliphatic carbocycles. The molecule has 0 atom stereocenters. The third kappa shape index (κ3) is 4.36. The Morgan fingerprint density at radius 2 is 1.83 bits per heavy atom. The number of amides is 1. The van der Waals surface area contributed by atoms with Gasteiger partial charge in [0.1, 0.15) is 0 Å². The number of sulfonamides is 1. The van der Waals surface area contributed by atoms with E-state index in [1.165, 1.54) is 28.6 Å². The number of carbonyl (C=O) groups is 1. The fourth-order valence-corrected chi connectivity index (χ4v) is 5.02. The standard InChI is InChI=1S/C21H25N3O5S/c1-14-9-11-23(12-10-14)30(28,29)17-8-7-15(2)18(13-17)21(25)22-19-5-4-6-20(16(19)3)24(26)27/h4-8,13-14H,9-12H2,1-3H3,(H,22,25). The summed E-state index contributed by atoms with van der Waals surface area (Å²) in [6.07, 6.45) is 1.62. The maximum absolute atomic E-state index is 13.0. The smallest absolute Gasteiger partial charge is 0.274 e. The second-order valence-corrected chi connectivity index (χ2v) is 9.66. The van der Waals surface area contributed by atoms with Crippen molar-refractivity contribution in [3.8, 4) is 0 Å². The van der Waals surface area contributed by atoms with E-state index in [2.05, 4.69) is 12.2 Å². The summed E-state index contributed by atoms with van der Waals surface area (Å²) < 4.78 is 27.5. The summed E-state index contributed by atoms with van der Waals surface area (Å²) in [5, 5.41) is 13.8. The van der Waals surface area contributed by atoms with Crippen LogP contribution in [0, 0.1) is 29.9 Å². The van der Waals surface area contributed by atoms with Crippen molar-refractivity contribution in [2.75, 3.05) is 18.4 Å². The second kappa shape index (κ2) is 8.53. The van der Waals surface area contributed by atoms with Crippen LogP contribution in [0.2, 0.25) is 0 Å². The summed E-state index contributed by atoms with van der Waals surface area (Å²) in [6.45, 7) is 6.30. The topological polar surface area (TPSA) is 110 Å². The molecule has 1 heterocycles. The van der Waals surface area contributed by atoms with E-state index < -0.39 is 20.9 Å². The van der Waals surface area contributed by atoms with Crippen LogP contribution in [-0.4, -0.2) is 36.6 Å². The zero-order chi connectivity index (χ0) is 22.1. The van der Waals surface area contributed by atoms with Crippen LogP contribution in [0.15, 0.2) is 41.3 Å². The van der Waals surface area contributed by atoms with Crippen molar-refractivity contribution in [1.82, 2.24) is 4.31 Å². The van der Waals surface area contributed by atoms with E-state index in [4.69, 9.17) is 0 Å². The molecule has 30 heavy (non-hydrogen) atoms. The van der Waals surface area contributed by atoms with Gasteiger partial charge in [-0.25, -0.2) is 8.42 Å². The monoisotopic (exact) mass is 431 g/mol. The highest BCUT2D eigenvalue weighted by Crippen LogP contribution is 2.27. The summed E-state index contributed by atoms with van der Waals surface area (Å²) in [5.74, 6) is -0.0191. The molecule has 0 radical (unpaired) electrons. The summed E-state index contributed by atoms with van der Waals surface area (Å²) in [6, 6.07) is 8.93. The van der Waals surface area contributed by atoms with E-state index in [0.717, 1.165) is 12.8 Å². The Morgan fingerprint density at radius 3 is 2.47 bits per heavy atom. The molecule has 1 aliphatic heterocycles. The number of anilines is 1. The lowest BCUT2D eigenvalue weighted by atomic mass is 10.0. The van der Waals surface area contributed by atoms with Crippen LogP contribution in [0.1, 0.15) is 41.3 Å². The summed E-state index contributed by atoms with van der Waals surface area (Å²) >= 11 is 0. The number of carbonyl (C=O) groups excluding carboxylic acids is 1. The molecule has 3 rings (SSSR count). The van der Waals surface area contributed by atoms with Gasteiger partial charge in [-0.2, -0.15) is 4.31 Å². The second-order valence-electron chi connectivity index (χ2n) is 7.72. The molecule has 9 heteroatoms. The van der Waals surface area contributed by atoms with Crippen LogP contribution in [0.25, 0.3) is 0 Å². The number of nitro groups is 1. The number of hydrogen-bond donors (Lipinski definition) is 1. The van der Waals surface area contributed by atoms with Crippen molar-refractivity contribution in [2.45, 2.75) is 38.5 Å². The number of aryl methyl sites for hydroxylation is 1. The first-order chi connectivity index (χ1) is 14.1. The van der Waals surface area contributed by atoms with Gasteiger partial charge in [0.05, 0.1) is 21.1 Å². The summed E-state index contributed by atoms with van der Waals surface area (Å²) in [5.41, 5.74) is 1.38. The Bertz CT molecular complexity index is 1090. The Kier molecular flexibility index (Phi) is 6.23. The fourth-order valence-electron chi connectivity index (χ4n) is 3.53. The van der Waals surface area contributed by atoms with Crippen LogP contribution in [0.3, 0.4) is 0 Å². The average molecular weight is 432 g/mol. The first kappa shape index (κ1) is 21.9. The molecular weight excluding hydrogens is 406 g/mol. The van der Waals surface area contributed by atoms with Crippen LogP contribution >= 0.6 is 0 Å². The van der Waals surface area contributed by atoms with Crippen molar-refractivity contribution in [2.24, 2.45) is 5.92 Å². The van der Waals surface area contributed by atoms with Gasteiger partial charge in [-0.15, -0.1) is 0 Å². The van der Waals surface area contributed by atoms with E-state index >= 15 is 0 Å². The number of benzene rings is 2. The number of rotatable bonds is 5. The Morgan fingerprint density at radius 1 is 1.17 bits per heavy atom. The molecule has 1 fully saturated rings. The predicted molar refractivity (Wildman–Crippen MR) is 114 cm³/mol. The number of nitrogens with one attached hydrogen (secondary N) is 1. The summed E-state index contributed by atoms with van der Waals surface area (Å²) in [7, 11) is -3.69. The number of nitrogens with zero attached hydrogens (tertiary/aromatic N) is 2. The first-order valence-corrected chi connectivity index (χ1v) is 11.2. The Balaban J connectivity index is 1.89. The third-order valence-corrected chi connectivity index (χ3v) is 7.48. The number of piperidine rings is 1. The van der Waals surface area contributed by atoms with Crippen LogP contribution < -0.4 is 5.32 Å². The van der Waals surface area contributed by atoms with Gasteiger partial charge in [0.25, 0.3) is 11.6 Å². The Hall–Kier alpha value is -2.78. The van der Waals surface area contributed by atoms with Gasteiger partial charge in [0.15, 0.2) is 0 Å². The SMILES string of the molecule is Cc1ccc(S(=O)(=O)N2CCC(C)CC2)cc1C(=O)Nc1cccc([N+](=O)[O-])c1C. The van der Waals surface area contributed by atoms with E-state index in [0.29, 0.717) is 35.8 Å². The fraction of sp³-hybridized carbons (Fsp3) is 0.381. The first-order valence-electron chi connectivity index (χ1n) is 9.77. The molecule has 2 aromatic rings. The predicted octanol–water partition coefficient (Wildman–Crippen LogP) is 3.88. The van der Waals surface area contributed by atoms with Crippen molar-refractivity contribution < 1.29 is 18.1 Å². The molecule has 0 aromatic heterocycles. The molecule has 2 aromatic carbocycles. The molecule has 0 unspecified atom stereocenters. The normalized spacial score (nSPS) is 15.7. The largest absolute Gasteiger partial charge is 0.321 e. The van der Waals surface area contributed by atoms with Crippen molar-refractivity contribution in [1.29, 1.82) is 0 Å². The van der Waals surface area contributed by atoms with E-state index in [1.807, 2.05) is 0 Å². The lowest BCUT2D eigenvalue weighted by molar-refractivity contribution is -0.385. The quantitative estimate of drug-likeness (QED) is 0.571. The van der Waals surface area contributed by atoms with Crippen molar-refractivity contribution in [3.05, 3.63) is 63.2 Å². The van der Waals surface area contributed by atoms with Gasteiger partial charge in [-0.1, -0.05) is 19.1 Å². The third-order valence-electron chi connectivity index (χ3n) is 5.58. The number of nitro benzene ring substituents is 1. The van der Waals surface area contributed by atoms with Crippen molar-refractivity contribution >= 4 is 27.3 Å². The zero-order valence-corrected chi connectivity index (χ0v) is 18.0. The highest BCUT2D eigenvalue weighted by molar-refractivity contribution is 7.89. The lowest BCUT2D eigenvalue weighted by Crippen LogP contribution is -2.38. The molecule has 0 spiro atoms. The van der Waals surface area contributed by atoms with Crippen LogP contribution in [0.5, 0.6) is 0 Å². The minimum absolute atomic E-state index is 0.0727. The summed E-state index contributed by atoms with van der Waals surface area (Å²) in [4.78, 5) is 23.6. The van der Waals surface area contributed by atoms with Crippen molar-refractivity contribution in [3.63, 3.8) is 0 Å². The number of hydrogen-bond acceptors (Lipinski definition) is 5. The van der Waals surface area contributed by atoms with E-state index in [1.54, 1.807) is 26.0 Å². The molecule has 1 amide bonds. The molecule has 1 N–H and O–H groups in total. The molecule has 160 valence electrons. The highest BCUT2D eigenvalue weighted by atomic mass is 32.2. The minimum atomic E-state index is -3.69.